The Balaban J connectivity index is 1.96. The number of pyridine rings is 1. The fourth-order valence-electron chi connectivity index (χ4n) is 2.52. The van der Waals surface area contributed by atoms with E-state index >= 15 is 0 Å². The molecule has 94 valence electrons. The van der Waals surface area contributed by atoms with Crippen molar-refractivity contribution in [3.63, 3.8) is 0 Å². The summed E-state index contributed by atoms with van der Waals surface area (Å²) in [4.78, 5) is 8.27. The Morgan fingerprint density at radius 1 is 1.32 bits per heavy atom. The second kappa shape index (κ2) is 3.78. The zero-order valence-corrected chi connectivity index (χ0v) is 9.95. The smallest absolute Gasteiger partial charge is 0.151 e. The van der Waals surface area contributed by atoms with E-state index < -0.39 is 0 Å². The van der Waals surface area contributed by atoms with E-state index in [0.717, 1.165) is 5.56 Å². The van der Waals surface area contributed by atoms with Crippen molar-refractivity contribution in [2.75, 3.05) is 6.61 Å². The zero-order chi connectivity index (χ0) is 12.8. The van der Waals surface area contributed by atoms with E-state index in [1.165, 1.54) is 6.07 Å². The Bertz CT molecular complexity index is 754. The first-order valence-electron chi connectivity index (χ1n) is 6.02. The maximum absolute atomic E-state index is 13.7. The predicted octanol–water partition coefficient (Wildman–Crippen LogP) is 2.55. The van der Waals surface area contributed by atoms with E-state index in [2.05, 4.69) is 9.97 Å². The molecule has 0 N–H and O–H groups in total. The molecule has 0 bridgehead atoms. The summed E-state index contributed by atoms with van der Waals surface area (Å²) in [5, 5.41) is 0. The summed E-state index contributed by atoms with van der Waals surface area (Å²) >= 11 is 0. The second-order valence-corrected chi connectivity index (χ2v) is 4.51. The van der Waals surface area contributed by atoms with Crippen molar-refractivity contribution >= 4 is 11.0 Å². The van der Waals surface area contributed by atoms with Crippen LogP contribution in [0.15, 0.2) is 43.0 Å². The van der Waals surface area contributed by atoms with Crippen molar-refractivity contribution in [3.05, 3.63) is 54.4 Å². The molecule has 4 rings (SSSR count). The van der Waals surface area contributed by atoms with Crippen LogP contribution < -0.4 is 4.74 Å². The van der Waals surface area contributed by atoms with E-state index in [1.54, 1.807) is 24.8 Å². The molecule has 0 radical (unpaired) electrons. The highest BCUT2D eigenvalue weighted by atomic mass is 19.1. The third-order valence-corrected chi connectivity index (χ3v) is 3.44. The molecule has 1 aliphatic heterocycles. The quantitative estimate of drug-likeness (QED) is 0.671. The van der Waals surface area contributed by atoms with Crippen LogP contribution in [0.3, 0.4) is 0 Å². The van der Waals surface area contributed by atoms with Gasteiger partial charge in [0.05, 0.1) is 12.4 Å². The van der Waals surface area contributed by atoms with Crippen molar-refractivity contribution in [2.45, 2.75) is 6.04 Å². The lowest BCUT2D eigenvalue weighted by molar-refractivity contribution is 0.258. The Labute approximate surface area is 108 Å². The Morgan fingerprint density at radius 3 is 3.11 bits per heavy atom. The van der Waals surface area contributed by atoms with Crippen LogP contribution in [0.2, 0.25) is 0 Å². The molecule has 0 amide bonds. The summed E-state index contributed by atoms with van der Waals surface area (Å²) in [5.41, 5.74) is 2.09. The van der Waals surface area contributed by atoms with E-state index in [0.29, 0.717) is 23.4 Å². The van der Waals surface area contributed by atoms with E-state index in [4.69, 9.17) is 4.74 Å². The highest BCUT2D eigenvalue weighted by molar-refractivity contribution is 5.83. The van der Waals surface area contributed by atoms with Crippen LogP contribution in [-0.2, 0) is 0 Å². The van der Waals surface area contributed by atoms with Gasteiger partial charge in [0.15, 0.2) is 5.82 Å². The highest BCUT2D eigenvalue weighted by Gasteiger charge is 2.25. The van der Waals surface area contributed by atoms with Gasteiger partial charge in [-0.1, -0.05) is 6.07 Å². The van der Waals surface area contributed by atoms with Gasteiger partial charge >= 0.3 is 0 Å². The van der Waals surface area contributed by atoms with Gasteiger partial charge in [-0.3, -0.25) is 4.98 Å². The lowest BCUT2D eigenvalue weighted by Crippen LogP contribution is -2.22. The van der Waals surface area contributed by atoms with Gasteiger partial charge in [-0.15, -0.1) is 0 Å². The third kappa shape index (κ3) is 1.44. The fourth-order valence-corrected chi connectivity index (χ4v) is 2.52. The number of hydrogen-bond acceptors (Lipinski definition) is 3. The van der Waals surface area contributed by atoms with Crippen molar-refractivity contribution in [1.29, 1.82) is 0 Å². The molecular weight excluding hydrogens is 245 g/mol. The number of hydrogen-bond donors (Lipinski definition) is 0. The van der Waals surface area contributed by atoms with Gasteiger partial charge in [0.25, 0.3) is 0 Å². The summed E-state index contributed by atoms with van der Waals surface area (Å²) in [7, 11) is 0. The molecule has 1 aromatic carbocycles. The third-order valence-electron chi connectivity index (χ3n) is 3.44. The van der Waals surface area contributed by atoms with E-state index in [9.17, 15) is 4.39 Å². The first-order chi connectivity index (χ1) is 9.34. The van der Waals surface area contributed by atoms with Crippen LogP contribution in [0, 0.1) is 5.82 Å². The summed E-state index contributed by atoms with van der Waals surface area (Å²) < 4.78 is 21.4. The van der Waals surface area contributed by atoms with Gasteiger partial charge in [-0.2, -0.15) is 0 Å². The molecule has 5 heteroatoms. The molecule has 0 fully saturated rings. The predicted molar refractivity (Wildman–Crippen MR) is 67.6 cm³/mol. The first kappa shape index (κ1) is 10.5. The Morgan fingerprint density at radius 2 is 2.26 bits per heavy atom. The number of aromatic nitrogens is 3. The average Bonchev–Trinajstić information content (AvgIpc) is 2.90. The molecular formula is C14H10FN3O. The topological polar surface area (TPSA) is 39.9 Å². The highest BCUT2D eigenvalue weighted by Crippen LogP contribution is 2.35. The monoisotopic (exact) mass is 255 g/mol. The molecule has 1 aliphatic rings. The summed E-state index contributed by atoms with van der Waals surface area (Å²) in [6, 6.07) is 6.88. The van der Waals surface area contributed by atoms with Gasteiger partial charge in [-0.05, 0) is 23.8 Å². The Kier molecular flexibility index (Phi) is 2.09. The molecule has 0 saturated heterocycles. The van der Waals surface area contributed by atoms with Crippen LogP contribution in [-0.4, -0.2) is 21.1 Å². The molecule has 1 atom stereocenters. The molecule has 0 saturated carbocycles. The van der Waals surface area contributed by atoms with Crippen LogP contribution >= 0.6 is 0 Å². The molecule has 0 aliphatic carbocycles. The summed E-state index contributed by atoms with van der Waals surface area (Å²) in [5.74, 6) is 0.349. The van der Waals surface area contributed by atoms with E-state index in [-0.39, 0.29) is 11.9 Å². The fraction of sp³-hybridized carbons (Fsp3) is 0.143. The van der Waals surface area contributed by atoms with Crippen LogP contribution in [0.4, 0.5) is 4.39 Å². The van der Waals surface area contributed by atoms with Gasteiger partial charge in [0, 0.05) is 12.4 Å². The number of nitrogens with zero attached hydrogens (tertiary/aromatic N) is 3. The number of imidazole rings is 1. The van der Waals surface area contributed by atoms with Crippen molar-refractivity contribution < 1.29 is 9.13 Å². The first-order valence-corrected chi connectivity index (χ1v) is 6.02. The molecule has 3 heterocycles. The van der Waals surface area contributed by atoms with Gasteiger partial charge in [-0.25, -0.2) is 9.37 Å². The minimum atomic E-state index is -0.326. The van der Waals surface area contributed by atoms with Crippen molar-refractivity contribution in [1.82, 2.24) is 14.5 Å². The summed E-state index contributed by atoms with van der Waals surface area (Å²) in [6.45, 7) is 0.496. The van der Waals surface area contributed by atoms with Crippen LogP contribution in [0.5, 0.6) is 5.75 Å². The molecule has 1 unspecified atom stereocenters. The van der Waals surface area contributed by atoms with Crippen LogP contribution in [0.1, 0.15) is 11.6 Å². The van der Waals surface area contributed by atoms with Crippen LogP contribution in [0.25, 0.3) is 11.0 Å². The van der Waals surface area contributed by atoms with E-state index in [1.807, 2.05) is 16.7 Å². The van der Waals surface area contributed by atoms with Gasteiger partial charge in [0.2, 0.25) is 0 Å². The zero-order valence-electron chi connectivity index (χ0n) is 9.95. The normalized spacial score (nSPS) is 17.4. The number of halogens is 1. The maximum atomic E-state index is 13.7. The van der Waals surface area contributed by atoms with Gasteiger partial charge < -0.3 is 9.30 Å². The molecule has 4 nitrogen and oxygen atoms in total. The van der Waals surface area contributed by atoms with Crippen molar-refractivity contribution in [2.24, 2.45) is 0 Å². The minimum absolute atomic E-state index is 0.0204. The molecule has 2 aromatic heterocycles. The standard InChI is InChI=1S/C14H10FN3O/c15-10-3-4-12-14-13(10)17-8-18(14)11(7-19-12)9-2-1-5-16-6-9/h1-6,8,11H,7H2. The largest absolute Gasteiger partial charge is 0.489 e. The summed E-state index contributed by atoms with van der Waals surface area (Å²) in [6.07, 6.45) is 5.19. The Hall–Kier alpha value is -2.43. The second-order valence-electron chi connectivity index (χ2n) is 4.51. The average molecular weight is 255 g/mol. The molecule has 19 heavy (non-hydrogen) atoms. The lowest BCUT2D eigenvalue weighted by atomic mass is 10.1. The molecule has 3 aromatic rings. The SMILES string of the molecule is Fc1ccc2c3c1ncn3C(c1cccnc1)CO2. The number of rotatable bonds is 1. The number of ether oxygens (including phenoxy) is 1. The van der Waals surface area contributed by atoms with Crippen molar-refractivity contribution in [3.8, 4) is 5.75 Å². The molecule has 0 spiro atoms. The minimum Gasteiger partial charge on any atom is -0.489 e. The number of benzene rings is 1. The lowest BCUT2D eigenvalue weighted by Gasteiger charge is -2.25. The maximum Gasteiger partial charge on any atom is 0.151 e. The van der Waals surface area contributed by atoms with Gasteiger partial charge in [0.1, 0.15) is 23.4 Å².